The van der Waals surface area contributed by atoms with Gasteiger partial charge in [0.25, 0.3) is 11.8 Å². The Morgan fingerprint density at radius 3 is 2.38 bits per heavy atom. The number of ether oxygens (including phenoxy) is 1. The molecule has 7 nitrogen and oxygen atoms in total. The second-order valence-electron chi connectivity index (χ2n) is 9.40. The van der Waals surface area contributed by atoms with Crippen LogP contribution in [0.3, 0.4) is 0 Å². The number of benzene rings is 2. The summed E-state index contributed by atoms with van der Waals surface area (Å²) in [6.45, 7) is 3.90. The van der Waals surface area contributed by atoms with Crippen LogP contribution in [-0.4, -0.2) is 70.6 Å². The molecule has 0 saturated carbocycles. The standard InChI is InChI=1S/C28H29F2N3O4/c1-17-14-33(18(2)16-34)28(36)24-12-21(19-4-8-22(29)9-5-19)13-31-26(24)37-25(17)15-32(3)27(35)20-6-10-23(30)11-7-20/h4-13,17-18,25,34H,14-16H2,1-3H3/t17-,18-,25-/m0/s1. The number of likely N-dealkylation sites (N-methyl/N-ethyl adjacent to an activating group) is 1. The lowest BCUT2D eigenvalue weighted by Gasteiger charge is -2.37. The second-order valence-corrected chi connectivity index (χ2v) is 9.40. The normalized spacial score (nSPS) is 18.3. The number of fused-ring (bicyclic) bond motifs is 1. The van der Waals surface area contributed by atoms with Crippen LogP contribution in [0, 0.1) is 17.6 Å². The van der Waals surface area contributed by atoms with Gasteiger partial charge in [0, 0.05) is 36.8 Å². The van der Waals surface area contributed by atoms with Gasteiger partial charge < -0.3 is 19.6 Å². The van der Waals surface area contributed by atoms with Gasteiger partial charge >= 0.3 is 0 Å². The lowest BCUT2D eigenvalue weighted by atomic mass is 9.99. The largest absolute Gasteiger partial charge is 0.472 e. The first kappa shape index (κ1) is 26.2. The number of hydrogen-bond donors (Lipinski definition) is 1. The first-order valence-corrected chi connectivity index (χ1v) is 12.0. The van der Waals surface area contributed by atoms with Crippen LogP contribution in [0.15, 0.2) is 60.8 Å². The molecule has 2 amide bonds. The topological polar surface area (TPSA) is 83.0 Å². The average molecular weight is 510 g/mol. The third-order valence-electron chi connectivity index (χ3n) is 6.59. The Morgan fingerprint density at radius 2 is 1.76 bits per heavy atom. The predicted molar refractivity (Wildman–Crippen MR) is 134 cm³/mol. The Morgan fingerprint density at radius 1 is 1.14 bits per heavy atom. The molecule has 0 fully saturated rings. The maximum absolute atomic E-state index is 13.6. The van der Waals surface area contributed by atoms with Crippen LogP contribution in [0.1, 0.15) is 34.6 Å². The quantitative estimate of drug-likeness (QED) is 0.543. The van der Waals surface area contributed by atoms with Crippen molar-refractivity contribution in [3.63, 3.8) is 0 Å². The van der Waals surface area contributed by atoms with E-state index >= 15 is 0 Å². The van der Waals surface area contributed by atoms with Gasteiger partial charge in [0.15, 0.2) is 0 Å². The summed E-state index contributed by atoms with van der Waals surface area (Å²) < 4.78 is 32.9. The van der Waals surface area contributed by atoms with Gasteiger partial charge in [0.1, 0.15) is 23.3 Å². The monoisotopic (exact) mass is 509 g/mol. The summed E-state index contributed by atoms with van der Waals surface area (Å²) in [6.07, 6.45) is 1.02. The molecule has 0 aliphatic carbocycles. The number of nitrogens with zero attached hydrogens (tertiary/aromatic N) is 3. The number of hydrogen-bond acceptors (Lipinski definition) is 5. The van der Waals surface area contributed by atoms with Gasteiger partial charge in [-0.1, -0.05) is 19.1 Å². The molecule has 3 aromatic rings. The van der Waals surface area contributed by atoms with Crippen LogP contribution in [0.25, 0.3) is 11.1 Å². The van der Waals surface area contributed by atoms with Gasteiger partial charge in [-0.3, -0.25) is 9.59 Å². The van der Waals surface area contributed by atoms with Gasteiger partial charge in [-0.05, 0) is 55.0 Å². The molecule has 37 heavy (non-hydrogen) atoms. The lowest BCUT2D eigenvalue weighted by Crippen LogP contribution is -2.50. The summed E-state index contributed by atoms with van der Waals surface area (Å²) in [5.41, 5.74) is 1.85. The van der Waals surface area contributed by atoms with E-state index in [1.54, 1.807) is 43.3 Å². The smallest absolute Gasteiger partial charge is 0.259 e. The van der Waals surface area contributed by atoms with Crippen molar-refractivity contribution >= 4 is 11.8 Å². The summed E-state index contributed by atoms with van der Waals surface area (Å²) in [4.78, 5) is 34.0. The van der Waals surface area contributed by atoms with Crippen molar-refractivity contribution in [3.8, 4) is 17.0 Å². The number of aromatic nitrogens is 1. The van der Waals surface area contributed by atoms with Crippen molar-refractivity contribution < 1.29 is 28.2 Å². The maximum atomic E-state index is 13.6. The van der Waals surface area contributed by atoms with E-state index in [1.165, 1.54) is 41.3 Å². The highest BCUT2D eigenvalue weighted by molar-refractivity contribution is 5.98. The van der Waals surface area contributed by atoms with E-state index in [2.05, 4.69) is 4.98 Å². The number of rotatable bonds is 6. The maximum Gasteiger partial charge on any atom is 0.259 e. The number of carbonyl (C=O) groups is 2. The number of halogens is 2. The number of amides is 2. The van der Waals surface area contributed by atoms with Gasteiger partial charge in [0.2, 0.25) is 5.88 Å². The second kappa shape index (κ2) is 11.0. The SMILES string of the molecule is C[C@H]1CN([C@@H](C)CO)C(=O)c2cc(-c3ccc(F)cc3)cnc2O[C@H]1CN(C)C(=O)c1ccc(F)cc1. The zero-order chi connectivity index (χ0) is 26.7. The highest BCUT2D eigenvalue weighted by atomic mass is 19.1. The van der Waals surface area contributed by atoms with Gasteiger partial charge in [-0.15, -0.1) is 0 Å². The molecule has 1 aliphatic rings. The molecule has 0 unspecified atom stereocenters. The summed E-state index contributed by atoms with van der Waals surface area (Å²) in [5.74, 6) is -1.54. The first-order valence-electron chi connectivity index (χ1n) is 12.0. The van der Waals surface area contributed by atoms with Gasteiger partial charge in [-0.25, -0.2) is 13.8 Å². The first-order chi connectivity index (χ1) is 17.7. The van der Waals surface area contributed by atoms with Crippen LogP contribution in [-0.2, 0) is 0 Å². The van der Waals surface area contributed by atoms with Crippen molar-refractivity contribution in [1.29, 1.82) is 0 Å². The van der Waals surface area contributed by atoms with E-state index in [0.29, 0.717) is 16.7 Å². The molecule has 2 heterocycles. The third-order valence-corrected chi connectivity index (χ3v) is 6.59. The Labute approximate surface area is 214 Å². The van der Waals surface area contributed by atoms with E-state index in [0.717, 1.165) is 0 Å². The highest BCUT2D eigenvalue weighted by Crippen LogP contribution is 2.30. The molecule has 194 valence electrons. The average Bonchev–Trinajstić information content (AvgIpc) is 2.90. The van der Waals surface area contributed by atoms with E-state index in [-0.39, 0.29) is 54.7 Å². The summed E-state index contributed by atoms with van der Waals surface area (Å²) >= 11 is 0. The fourth-order valence-corrected chi connectivity index (χ4v) is 4.29. The van der Waals surface area contributed by atoms with Crippen LogP contribution in [0.5, 0.6) is 5.88 Å². The molecule has 0 bridgehead atoms. The van der Waals surface area contributed by atoms with Crippen LogP contribution in [0.4, 0.5) is 8.78 Å². The predicted octanol–water partition coefficient (Wildman–Crippen LogP) is 4.02. The summed E-state index contributed by atoms with van der Waals surface area (Å²) in [5, 5.41) is 9.83. The minimum atomic E-state index is -0.529. The van der Waals surface area contributed by atoms with E-state index in [4.69, 9.17) is 4.74 Å². The van der Waals surface area contributed by atoms with Gasteiger partial charge in [-0.2, -0.15) is 0 Å². The van der Waals surface area contributed by atoms with Gasteiger partial charge in [0.05, 0.1) is 19.2 Å². The molecular weight excluding hydrogens is 480 g/mol. The Balaban J connectivity index is 1.67. The Kier molecular flexibility index (Phi) is 7.83. The van der Waals surface area contributed by atoms with Crippen LogP contribution >= 0.6 is 0 Å². The molecule has 0 spiro atoms. The van der Waals surface area contributed by atoms with Crippen molar-refractivity contribution in [2.75, 3.05) is 26.7 Å². The highest BCUT2D eigenvalue weighted by Gasteiger charge is 2.35. The Hall–Kier alpha value is -3.85. The molecule has 1 aromatic heterocycles. The van der Waals surface area contributed by atoms with Crippen molar-refractivity contribution in [2.24, 2.45) is 5.92 Å². The lowest BCUT2D eigenvalue weighted by molar-refractivity contribution is 0.0313. The molecule has 1 aliphatic heterocycles. The zero-order valence-electron chi connectivity index (χ0n) is 20.9. The van der Waals surface area contributed by atoms with E-state index in [9.17, 15) is 23.5 Å². The number of carbonyl (C=O) groups excluding carboxylic acids is 2. The summed E-state index contributed by atoms with van der Waals surface area (Å²) in [6, 6.07) is 12.4. The van der Waals surface area contributed by atoms with Crippen molar-refractivity contribution in [3.05, 3.63) is 83.6 Å². The number of aliphatic hydroxyl groups excluding tert-OH is 1. The molecular formula is C28H29F2N3O4. The minimum absolute atomic E-state index is 0.116. The Bertz CT molecular complexity index is 1270. The minimum Gasteiger partial charge on any atom is -0.472 e. The van der Waals surface area contributed by atoms with E-state index < -0.39 is 18.0 Å². The number of pyridine rings is 1. The molecule has 0 saturated heterocycles. The van der Waals surface area contributed by atoms with Crippen LogP contribution in [0.2, 0.25) is 0 Å². The molecule has 9 heteroatoms. The van der Waals surface area contributed by atoms with Crippen LogP contribution < -0.4 is 4.74 Å². The molecule has 3 atom stereocenters. The fourth-order valence-electron chi connectivity index (χ4n) is 4.29. The zero-order valence-corrected chi connectivity index (χ0v) is 20.9. The molecule has 2 aromatic carbocycles. The summed E-state index contributed by atoms with van der Waals surface area (Å²) in [7, 11) is 1.63. The molecule has 1 N–H and O–H groups in total. The number of aliphatic hydroxyl groups is 1. The third kappa shape index (κ3) is 5.77. The van der Waals surface area contributed by atoms with E-state index in [1.807, 2.05) is 6.92 Å². The fraction of sp³-hybridized carbons (Fsp3) is 0.321. The molecule has 0 radical (unpaired) electrons. The van der Waals surface area contributed by atoms with Crippen molar-refractivity contribution in [2.45, 2.75) is 26.0 Å². The molecule has 4 rings (SSSR count). The van der Waals surface area contributed by atoms with Crippen molar-refractivity contribution in [1.82, 2.24) is 14.8 Å².